The van der Waals surface area contributed by atoms with E-state index in [2.05, 4.69) is 0 Å². The fourth-order valence-electron chi connectivity index (χ4n) is 2.28. The minimum absolute atomic E-state index is 0.00615. The molecule has 6 nitrogen and oxygen atoms in total. The second kappa shape index (κ2) is 8.87. The van der Waals surface area contributed by atoms with Crippen LogP contribution >= 0.6 is 24.0 Å². The zero-order valence-electron chi connectivity index (χ0n) is 14.0. The van der Waals surface area contributed by atoms with Gasteiger partial charge in [-0.15, -0.1) is 0 Å². The largest absolute Gasteiger partial charge is 0.493 e. The van der Waals surface area contributed by atoms with Crippen LogP contribution in [0.5, 0.6) is 11.5 Å². The molecule has 2 rings (SSSR count). The summed E-state index contributed by atoms with van der Waals surface area (Å²) in [5, 5.41) is 8.70. The summed E-state index contributed by atoms with van der Waals surface area (Å²) in [6.07, 6.45) is 2.12. The molecule has 1 N–H and O–H groups in total. The average molecular weight is 381 g/mol. The highest BCUT2D eigenvalue weighted by molar-refractivity contribution is 8.26. The van der Waals surface area contributed by atoms with Crippen LogP contribution in [-0.2, 0) is 9.59 Å². The number of amides is 1. The van der Waals surface area contributed by atoms with Crippen molar-refractivity contribution in [3.63, 3.8) is 0 Å². The van der Waals surface area contributed by atoms with Gasteiger partial charge in [0.25, 0.3) is 5.91 Å². The number of carbonyl (C=O) groups is 2. The van der Waals surface area contributed by atoms with Crippen LogP contribution in [0.15, 0.2) is 23.1 Å². The number of benzene rings is 1. The predicted octanol–water partition coefficient (Wildman–Crippen LogP) is 3.16. The van der Waals surface area contributed by atoms with Crippen LogP contribution in [0, 0.1) is 0 Å². The van der Waals surface area contributed by atoms with Gasteiger partial charge in [0.05, 0.1) is 18.6 Å². The zero-order valence-corrected chi connectivity index (χ0v) is 15.6. The molecule has 1 heterocycles. The number of hydrogen-bond donors (Lipinski definition) is 1. The van der Waals surface area contributed by atoms with Gasteiger partial charge in [-0.1, -0.05) is 30.0 Å². The highest BCUT2D eigenvalue weighted by Crippen LogP contribution is 2.34. The second-order valence-electron chi connectivity index (χ2n) is 5.17. The van der Waals surface area contributed by atoms with E-state index in [9.17, 15) is 9.59 Å². The van der Waals surface area contributed by atoms with Crippen LogP contribution in [0.4, 0.5) is 0 Å². The molecule has 1 aliphatic heterocycles. The highest BCUT2D eigenvalue weighted by Gasteiger charge is 2.31. The molecule has 1 aliphatic rings. The Labute approximate surface area is 155 Å². The molecule has 0 spiro atoms. The molecule has 0 saturated carbocycles. The molecule has 0 bridgehead atoms. The van der Waals surface area contributed by atoms with Gasteiger partial charge >= 0.3 is 5.97 Å². The molecule has 0 radical (unpaired) electrons. The number of carboxylic acids is 1. The Balaban J connectivity index is 2.14. The minimum Gasteiger partial charge on any atom is -0.493 e. The number of carboxylic acid groups (broad SMARTS) is 1. The minimum atomic E-state index is -0.887. The van der Waals surface area contributed by atoms with Crippen LogP contribution in [-0.4, -0.2) is 46.5 Å². The van der Waals surface area contributed by atoms with Crippen molar-refractivity contribution < 1.29 is 24.2 Å². The van der Waals surface area contributed by atoms with E-state index in [1.807, 2.05) is 13.0 Å². The van der Waals surface area contributed by atoms with Crippen molar-refractivity contribution in [2.45, 2.75) is 19.8 Å². The normalized spacial score (nSPS) is 15.8. The smallest absolute Gasteiger partial charge is 0.303 e. The van der Waals surface area contributed by atoms with Gasteiger partial charge in [0.15, 0.2) is 11.5 Å². The number of thioether (sulfide) groups is 1. The number of aliphatic carboxylic acids is 1. The van der Waals surface area contributed by atoms with E-state index < -0.39 is 5.97 Å². The SMILES string of the molecule is CCOc1ccc(/C=C2/SC(=S)N(CCCC(=O)O)C2=O)cc1OC. The van der Waals surface area contributed by atoms with E-state index in [-0.39, 0.29) is 12.3 Å². The number of hydrogen-bond acceptors (Lipinski definition) is 6. The Bertz CT molecular complexity index is 717. The van der Waals surface area contributed by atoms with E-state index in [1.54, 1.807) is 25.3 Å². The topological polar surface area (TPSA) is 76.1 Å². The van der Waals surface area contributed by atoms with Crippen molar-refractivity contribution in [3.8, 4) is 11.5 Å². The summed E-state index contributed by atoms with van der Waals surface area (Å²) in [6, 6.07) is 5.42. The first-order valence-corrected chi connectivity index (χ1v) is 8.96. The van der Waals surface area contributed by atoms with Gasteiger partial charge in [0.2, 0.25) is 0 Å². The van der Waals surface area contributed by atoms with Crippen LogP contribution in [0.2, 0.25) is 0 Å². The summed E-state index contributed by atoms with van der Waals surface area (Å²) in [6.45, 7) is 2.73. The average Bonchev–Trinajstić information content (AvgIpc) is 2.83. The lowest BCUT2D eigenvalue weighted by molar-refractivity contribution is -0.137. The number of methoxy groups -OCH3 is 1. The summed E-state index contributed by atoms with van der Waals surface area (Å²) < 4.78 is 11.2. The lowest BCUT2D eigenvalue weighted by Gasteiger charge is -2.13. The quantitative estimate of drug-likeness (QED) is 0.547. The molecule has 25 heavy (non-hydrogen) atoms. The highest BCUT2D eigenvalue weighted by atomic mass is 32.2. The molecule has 0 unspecified atom stereocenters. The molecule has 8 heteroatoms. The van der Waals surface area contributed by atoms with Crippen molar-refractivity contribution in [1.82, 2.24) is 4.90 Å². The summed E-state index contributed by atoms with van der Waals surface area (Å²) in [7, 11) is 1.56. The molecular formula is C17H19NO5S2. The molecule has 1 amide bonds. The van der Waals surface area contributed by atoms with Crippen LogP contribution in [0.1, 0.15) is 25.3 Å². The Morgan fingerprint density at radius 1 is 1.40 bits per heavy atom. The third kappa shape index (κ3) is 4.96. The molecule has 1 aromatic rings. The molecule has 0 atom stereocenters. The fourth-order valence-corrected chi connectivity index (χ4v) is 3.59. The van der Waals surface area contributed by atoms with Crippen molar-refractivity contribution in [1.29, 1.82) is 0 Å². The number of rotatable bonds is 8. The van der Waals surface area contributed by atoms with Gasteiger partial charge in [-0.25, -0.2) is 0 Å². The molecule has 1 saturated heterocycles. The van der Waals surface area contributed by atoms with Gasteiger partial charge in [0, 0.05) is 13.0 Å². The van der Waals surface area contributed by atoms with Crippen molar-refractivity contribution in [2.75, 3.05) is 20.3 Å². The maximum absolute atomic E-state index is 12.5. The molecule has 0 aliphatic carbocycles. The Morgan fingerprint density at radius 2 is 2.16 bits per heavy atom. The van der Waals surface area contributed by atoms with Crippen LogP contribution < -0.4 is 9.47 Å². The number of ether oxygens (including phenoxy) is 2. The monoisotopic (exact) mass is 381 g/mol. The van der Waals surface area contributed by atoms with Crippen molar-refractivity contribution in [3.05, 3.63) is 28.7 Å². The van der Waals surface area contributed by atoms with E-state index in [1.165, 1.54) is 16.7 Å². The fraction of sp³-hybridized carbons (Fsp3) is 0.353. The van der Waals surface area contributed by atoms with Crippen LogP contribution in [0.25, 0.3) is 6.08 Å². The Kier molecular flexibility index (Phi) is 6.83. The van der Waals surface area contributed by atoms with Gasteiger partial charge in [-0.2, -0.15) is 0 Å². The maximum Gasteiger partial charge on any atom is 0.303 e. The lowest BCUT2D eigenvalue weighted by atomic mass is 10.2. The lowest BCUT2D eigenvalue weighted by Crippen LogP contribution is -2.29. The van der Waals surface area contributed by atoms with Gasteiger partial charge < -0.3 is 14.6 Å². The van der Waals surface area contributed by atoms with E-state index >= 15 is 0 Å². The van der Waals surface area contributed by atoms with Gasteiger partial charge in [-0.3, -0.25) is 14.5 Å². The van der Waals surface area contributed by atoms with Crippen molar-refractivity contribution in [2.24, 2.45) is 0 Å². The molecule has 1 fully saturated rings. The Morgan fingerprint density at radius 3 is 2.80 bits per heavy atom. The summed E-state index contributed by atoms with van der Waals surface area (Å²) >= 11 is 6.44. The van der Waals surface area contributed by atoms with E-state index in [0.29, 0.717) is 40.3 Å². The van der Waals surface area contributed by atoms with Gasteiger partial charge in [0.1, 0.15) is 4.32 Å². The van der Waals surface area contributed by atoms with E-state index in [4.69, 9.17) is 26.8 Å². The molecule has 134 valence electrons. The summed E-state index contributed by atoms with van der Waals surface area (Å²) in [5.41, 5.74) is 0.798. The second-order valence-corrected chi connectivity index (χ2v) is 6.85. The number of thiocarbonyl (C=S) groups is 1. The van der Waals surface area contributed by atoms with Gasteiger partial charge in [-0.05, 0) is 37.1 Å². The molecular weight excluding hydrogens is 362 g/mol. The molecule has 0 aromatic heterocycles. The zero-order chi connectivity index (χ0) is 18.4. The maximum atomic E-state index is 12.5. The standard InChI is InChI=1S/C17H19NO5S2/c1-3-23-12-7-6-11(9-13(12)22-2)10-14-16(21)18(17(24)25-14)8-4-5-15(19)20/h6-7,9-10H,3-5,8H2,1-2H3,(H,19,20)/b14-10+. The van der Waals surface area contributed by atoms with Crippen LogP contribution in [0.3, 0.4) is 0 Å². The first kappa shape index (κ1) is 19.3. The molecule has 1 aromatic carbocycles. The first-order valence-electron chi connectivity index (χ1n) is 7.74. The number of nitrogens with zero attached hydrogens (tertiary/aromatic N) is 1. The predicted molar refractivity (Wildman–Crippen MR) is 101 cm³/mol. The van der Waals surface area contributed by atoms with Crippen molar-refractivity contribution >= 4 is 46.3 Å². The van der Waals surface area contributed by atoms with E-state index in [0.717, 1.165) is 5.56 Å². The third-order valence-electron chi connectivity index (χ3n) is 3.43. The Hall–Kier alpha value is -2.06. The first-order chi connectivity index (χ1) is 12.0. The third-order valence-corrected chi connectivity index (χ3v) is 4.81. The summed E-state index contributed by atoms with van der Waals surface area (Å²) in [4.78, 5) is 25.0. The summed E-state index contributed by atoms with van der Waals surface area (Å²) in [5.74, 6) is 0.145. The number of carbonyl (C=O) groups excluding carboxylic acids is 1.